The molecule has 2 aromatic rings. The van der Waals surface area contributed by atoms with Gasteiger partial charge in [-0.05, 0) is 32.0 Å². The lowest BCUT2D eigenvalue weighted by atomic mass is 10.3. The van der Waals surface area contributed by atoms with Crippen LogP contribution in [0.5, 0.6) is 0 Å². The molecule has 0 aliphatic heterocycles. The number of para-hydroxylation sites is 1. The van der Waals surface area contributed by atoms with Crippen molar-refractivity contribution < 1.29 is 0 Å². The summed E-state index contributed by atoms with van der Waals surface area (Å²) in [4.78, 5) is 0. The van der Waals surface area contributed by atoms with Crippen LogP contribution in [-0.4, -0.2) is 16.3 Å². The van der Waals surface area contributed by atoms with Gasteiger partial charge in [0.2, 0.25) is 0 Å². The van der Waals surface area contributed by atoms with Gasteiger partial charge in [0.25, 0.3) is 0 Å². The van der Waals surface area contributed by atoms with Crippen LogP contribution >= 0.6 is 0 Å². The molecule has 0 saturated heterocycles. The first kappa shape index (κ1) is 10.7. The standard InChI is InChI=1S/C13H17N3/c1-11-10-12(2)16(15-11)9-8-14-13-6-4-3-5-7-13/h3-7,10,14H,8-9H2,1-2H3. The van der Waals surface area contributed by atoms with Gasteiger partial charge < -0.3 is 5.32 Å². The van der Waals surface area contributed by atoms with Crippen molar-refractivity contribution >= 4 is 5.69 Å². The number of nitrogens with zero attached hydrogens (tertiary/aromatic N) is 2. The lowest BCUT2D eigenvalue weighted by Gasteiger charge is -2.07. The Bertz CT molecular complexity index is 445. The lowest BCUT2D eigenvalue weighted by molar-refractivity contribution is 0.615. The molecule has 16 heavy (non-hydrogen) atoms. The van der Waals surface area contributed by atoms with Crippen LogP contribution in [0.4, 0.5) is 5.69 Å². The normalized spacial score (nSPS) is 10.4. The van der Waals surface area contributed by atoms with E-state index in [4.69, 9.17) is 0 Å². The highest BCUT2D eigenvalue weighted by atomic mass is 15.3. The quantitative estimate of drug-likeness (QED) is 0.849. The molecule has 2 rings (SSSR count). The van der Waals surface area contributed by atoms with E-state index in [1.807, 2.05) is 29.8 Å². The molecule has 0 aliphatic rings. The molecule has 3 heteroatoms. The van der Waals surface area contributed by atoms with Crippen LogP contribution in [0.2, 0.25) is 0 Å². The van der Waals surface area contributed by atoms with Gasteiger partial charge in [-0.3, -0.25) is 4.68 Å². The van der Waals surface area contributed by atoms with Crippen LogP contribution in [0, 0.1) is 13.8 Å². The van der Waals surface area contributed by atoms with E-state index in [0.717, 1.165) is 24.5 Å². The number of hydrogen-bond donors (Lipinski definition) is 1. The smallest absolute Gasteiger partial charge is 0.0596 e. The zero-order valence-corrected chi connectivity index (χ0v) is 9.77. The average molecular weight is 215 g/mol. The third-order valence-corrected chi connectivity index (χ3v) is 2.53. The van der Waals surface area contributed by atoms with Crippen molar-refractivity contribution in [2.75, 3.05) is 11.9 Å². The molecule has 0 amide bonds. The molecular weight excluding hydrogens is 198 g/mol. The first-order chi connectivity index (χ1) is 7.75. The van der Waals surface area contributed by atoms with Gasteiger partial charge in [-0.15, -0.1) is 0 Å². The van der Waals surface area contributed by atoms with E-state index in [-0.39, 0.29) is 0 Å². The maximum absolute atomic E-state index is 4.42. The number of benzene rings is 1. The van der Waals surface area contributed by atoms with Gasteiger partial charge in [0.1, 0.15) is 0 Å². The summed E-state index contributed by atoms with van der Waals surface area (Å²) in [6.45, 7) is 5.90. The summed E-state index contributed by atoms with van der Waals surface area (Å²) >= 11 is 0. The molecule has 0 unspecified atom stereocenters. The molecular formula is C13H17N3. The fourth-order valence-electron chi connectivity index (χ4n) is 1.76. The van der Waals surface area contributed by atoms with Crippen LogP contribution < -0.4 is 5.32 Å². The third kappa shape index (κ3) is 2.63. The molecule has 0 radical (unpaired) electrons. The summed E-state index contributed by atoms with van der Waals surface area (Å²) in [5.74, 6) is 0. The molecule has 3 nitrogen and oxygen atoms in total. The predicted molar refractivity (Wildman–Crippen MR) is 66.6 cm³/mol. The van der Waals surface area contributed by atoms with E-state index in [0.29, 0.717) is 0 Å². The summed E-state index contributed by atoms with van der Waals surface area (Å²) in [6, 6.07) is 12.3. The average Bonchev–Trinajstić information content (AvgIpc) is 2.59. The Kier molecular flexibility index (Phi) is 3.25. The SMILES string of the molecule is Cc1cc(C)n(CCNc2ccccc2)n1. The van der Waals surface area contributed by atoms with E-state index in [1.54, 1.807) is 0 Å². The number of rotatable bonds is 4. The predicted octanol–water partition coefficient (Wildman–Crippen LogP) is 2.61. The molecule has 1 N–H and O–H groups in total. The monoisotopic (exact) mass is 215 g/mol. The van der Waals surface area contributed by atoms with Gasteiger partial charge >= 0.3 is 0 Å². The Morgan fingerprint density at radius 1 is 1.19 bits per heavy atom. The van der Waals surface area contributed by atoms with Crippen LogP contribution in [0.3, 0.4) is 0 Å². The molecule has 0 bridgehead atoms. The molecule has 0 fully saturated rings. The summed E-state index contributed by atoms with van der Waals surface area (Å²) in [5, 5.41) is 7.79. The molecule has 84 valence electrons. The zero-order chi connectivity index (χ0) is 11.4. The fraction of sp³-hybridized carbons (Fsp3) is 0.308. The summed E-state index contributed by atoms with van der Waals surface area (Å²) < 4.78 is 2.03. The van der Waals surface area contributed by atoms with Gasteiger partial charge in [0.05, 0.1) is 12.2 Å². The highest BCUT2D eigenvalue weighted by Gasteiger charge is 1.99. The fourth-order valence-corrected chi connectivity index (χ4v) is 1.76. The molecule has 1 heterocycles. The van der Waals surface area contributed by atoms with Gasteiger partial charge in [-0.25, -0.2) is 0 Å². The van der Waals surface area contributed by atoms with Gasteiger partial charge in [-0.1, -0.05) is 18.2 Å². The third-order valence-electron chi connectivity index (χ3n) is 2.53. The Morgan fingerprint density at radius 2 is 1.94 bits per heavy atom. The van der Waals surface area contributed by atoms with Gasteiger partial charge in [0.15, 0.2) is 0 Å². The lowest BCUT2D eigenvalue weighted by Crippen LogP contribution is -2.12. The minimum atomic E-state index is 0.895. The van der Waals surface area contributed by atoms with E-state index >= 15 is 0 Å². The van der Waals surface area contributed by atoms with Crippen molar-refractivity contribution in [3.05, 3.63) is 47.8 Å². The molecule has 0 spiro atoms. The van der Waals surface area contributed by atoms with Gasteiger partial charge in [-0.2, -0.15) is 5.10 Å². The summed E-state index contributed by atoms with van der Waals surface area (Å²) in [6.07, 6.45) is 0. The first-order valence-electron chi connectivity index (χ1n) is 5.56. The second-order valence-corrected chi connectivity index (χ2v) is 3.94. The number of aryl methyl sites for hydroxylation is 2. The van der Waals surface area contributed by atoms with Crippen molar-refractivity contribution in [2.24, 2.45) is 0 Å². The van der Waals surface area contributed by atoms with Crippen LogP contribution in [-0.2, 0) is 6.54 Å². The van der Waals surface area contributed by atoms with Crippen molar-refractivity contribution in [2.45, 2.75) is 20.4 Å². The van der Waals surface area contributed by atoms with Crippen molar-refractivity contribution in [1.29, 1.82) is 0 Å². The number of nitrogens with one attached hydrogen (secondary N) is 1. The first-order valence-corrected chi connectivity index (χ1v) is 5.56. The maximum Gasteiger partial charge on any atom is 0.0596 e. The minimum Gasteiger partial charge on any atom is -0.383 e. The van der Waals surface area contributed by atoms with Crippen LogP contribution in [0.25, 0.3) is 0 Å². The Hall–Kier alpha value is -1.77. The molecule has 1 aromatic heterocycles. The second-order valence-electron chi connectivity index (χ2n) is 3.94. The maximum atomic E-state index is 4.42. The molecule has 0 atom stereocenters. The van der Waals surface area contributed by atoms with Crippen molar-refractivity contribution in [3.63, 3.8) is 0 Å². The molecule has 1 aromatic carbocycles. The number of anilines is 1. The van der Waals surface area contributed by atoms with Crippen LogP contribution in [0.15, 0.2) is 36.4 Å². The highest BCUT2D eigenvalue weighted by molar-refractivity contribution is 5.42. The second kappa shape index (κ2) is 4.84. The van der Waals surface area contributed by atoms with E-state index in [9.17, 15) is 0 Å². The molecule has 0 aliphatic carbocycles. The van der Waals surface area contributed by atoms with E-state index in [1.165, 1.54) is 5.69 Å². The van der Waals surface area contributed by atoms with Gasteiger partial charge in [0, 0.05) is 17.9 Å². The van der Waals surface area contributed by atoms with E-state index < -0.39 is 0 Å². The molecule has 0 saturated carbocycles. The Balaban J connectivity index is 1.87. The summed E-state index contributed by atoms with van der Waals surface area (Å²) in [7, 11) is 0. The van der Waals surface area contributed by atoms with Crippen molar-refractivity contribution in [1.82, 2.24) is 9.78 Å². The summed E-state index contributed by atoms with van der Waals surface area (Å²) in [5.41, 5.74) is 3.45. The highest BCUT2D eigenvalue weighted by Crippen LogP contribution is 2.05. The van der Waals surface area contributed by atoms with Crippen LogP contribution in [0.1, 0.15) is 11.4 Å². The largest absolute Gasteiger partial charge is 0.383 e. The number of aromatic nitrogens is 2. The zero-order valence-electron chi connectivity index (χ0n) is 9.77. The van der Waals surface area contributed by atoms with Crippen molar-refractivity contribution in [3.8, 4) is 0 Å². The topological polar surface area (TPSA) is 29.9 Å². The Morgan fingerprint density at radius 3 is 2.56 bits per heavy atom. The van der Waals surface area contributed by atoms with E-state index in [2.05, 4.69) is 35.5 Å². The Labute approximate surface area is 96.1 Å². The number of hydrogen-bond acceptors (Lipinski definition) is 2. The minimum absolute atomic E-state index is 0.895.